The Morgan fingerprint density at radius 1 is 0.864 bits per heavy atom. The number of methoxy groups -OCH3 is 1. The molecule has 0 saturated heterocycles. The molecule has 0 aromatic carbocycles. The van der Waals surface area contributed by atoms with Gasteiger partial charge >= 0.3 is 5.97 Å². The molecule has 0 aliphatic carbocycles. The van der Waals surface area contributed by atoms with Gasteiger partial charge in [0, 0.05) is 138 Å². The molecule has 24 heteroatoms. The minimum Gasteiger partial charge on any atom is -0.465 e. The third-order valence-corrected chi connectivity index (χ3v) is 17.2. The molecule has 1 aliphatic heterocycles. The monoisotopic (exact) mass is 1250 g/mol. The molecule has 0 bridgehead atoms. The van der Waals surface area contributed by atoms with E-state index in [1.807, 2.05) is 51.7 Å². The second-order valence-corrected chi connectivity index (χ2v) is 24.5. The highest BCUT2D eigenvalue weighted by molar-refractivity contribution is 7.09. The number of amides is 6. The van der Waals surface area contributed by atoms with Crippen molar-refractivity contribution in [3.63, 3.8) is 0 Å². The van der Waals surface area contributed by atoms with Gasteiger partial charge in [0.1, 0.15) is 22.6 Å². The predicted octanol–water partition coefficient (Wildman–Crippen LogP) is 6.50. The van der Waals surface area contributed by atoms with Crippen LogP contribution in [0.1, 0.15) is 180 Å². The Morgan fingerprint density at radius 2 is 1.58 bits per heavy atom. The van der Waals surface area contributed by atoms with E-state index in [2.05, 4.69) is 25.9 Å². The van der Waals surface area contributed by atoms with E-state index >= 15 is 4.79 Å². The fraction of sp³-hybridized carbons (Fsp3) is 0.672. The summed E-state index contributed by atoms with van der Waals surface area (Å²) in [5, 5.41) is 10.6. The molecule has 0 fully saturated rings. The van der Waals surface area contributed by atoms with E-state index in [4.69, 9.17) is 18.9 Å². The number of hydrogen-bond donors (Lipinski definition) is 3. The molecule has 6 amide bonds. The van der Waals surface area contributed by atoms with Gasteiger partial charge in [-0.25, -0.2) is 4.98 Å². The number of ether oxygens (including phenoxy) is 4. The number of ketones is 3. The lowest BCUT2D eigenvalue weighted by molar-refractivity contribution is -0.150. The van der Waals surface area contributed by atoms with E-state index in [0.717, 1.165) is 21.9 Å². The second-order valence-electron chi connectivity index (χ2n) is 23.6. The Morgan fingerprint density at radius 3 is 2.20 bits per heavy atom. The van der Waals surface area contributed by atoms with Gasteiger partial charge in [0.2, 0.25) is 17.7 Å². The van der Waals surface area contributed by atoms with E-state index in [1.54, 1.807) is 64.4 Å². The average molecular weight is 1250 g/mol. The van der Waals surface area contributed by atoms with Crippen LogP contribution in [0.15, 0.2) is 41.9 Å². The number of hydrogen-bond acceptors (Lipinski definition) is 19. The Hall–Kier alpha value is -6.63. The number of nitrogens with zero attached hydrogens (tertiary/aromatic N) is 5. The van der Waals surface area contributed by atoms with Gasteiger partial charge in [0.05, 0.1) is 31.4 Å². The number of likely N-dealkylation sites (N-methyl/N-ethyl adjacent to an activating group) is 1. The fourth-order valence-corrected chi connectivity index (χ4v) is 11.2. The number of esters is 1. The number of aromatic nitrogens is 2. The van der Waals surface area contributed by atoms with Crippen LogP contribution in [0, 0.1) is 23.7 Å². The average Bonchev–Trinajstić information content (AvgIpc) is 2.22. The maximum atomic E-state index is 15.0. The van der Waals surface area contributed by atoms with Gasteiger partial charge in [0.15, 0.2) is 17.7 Å². The minimum absolute atomic E-state index is 0.0364. The van der Waals surface area contributed by atoms with Gasteiger partial charge < -0.3 is 39.8 Å². The highest BCUT2D eigenvalue weighted by Crippen LogP contribution is 2.34. The zero-order chi connectivity index (χ0) is 65.5. The van der Waals surface area contributed by atoms with Gasteiger partial charge in [-0.2, -0.15) is 0 Å². The topological polar surface area (TPSA) is 296 Å². The summed E-state index contributed by atoms with van der Waals surface area (Å²) in [5.74, 6) is -5.26. The smallest absolute Gasteiger partial charge is 0.303 e. The molecule has 490 valence electrons. The second kappa shape index (κ2) is 39.4. The van der Waals surface area contributed by atoms with Crippen LogP contribution in [0.2, 0.25) is 0 Å². The summed E-state index contributed by atoms with van der Waals surface area (Å²) in [6.45, 7) is 20.4. The number of Topliss-reactive ketones (excluding diaryl/α,β-unsaturated/α-hetero) is 3. The van der Waals surface area contributed by atoms with Gasteiger partial charge in [0.25, 0.3) is 24.2 Å². The van der Waals surface area contributed by atoms with Crippen molar-refractivity contribution in [1.29, 1.82) is 0 Å². The Balaban J connectivity index is 1.67. The van der Waals surface area contributed by atoms with Gasteiger partial charge in [-0.15, -0.1) is 11.3 Å². The Kier molecular flexibility index (Phi) is 33.9. The van der Waals surface area contributed by atoms with Crippen LogP contribution < -0.4 is 16.0 Å². The molecule has 2 aromatic heterocycles. The van der Waals surface area contributed by atoms with E-state index in [-0.39, 0.29) is 105 Å². The summed E-state index contributed by atoms with van der Waals surface area (Å²) < 4.78 is 21.3. The van der Waals surface area contributed by atoms with Gasteiger partial charge in [-0.3, -0.25) is 67.5 Å². The quantitative estimate of drug-likeness (QED) is 0.0276. The number of rotatable bonds is 46. The number of thiazole rings is 1. The van der Waals surface area contributed by atoms with E-state index < -0.39 is 77.3 Å². The number of nitrogens with one attached hydrogen (secondary N) is 3. The third-order valence-electron chi connectivity index (χ3n) is 16.2. The van der Waals surface area contributed by atoms with Crippen LogP contribution >= 0.6 is 11.3 Å². The molecule has 0 spiro atoms. The van der Waals surface area contributed by atoms with Crippen LogP contribution in [0.25, 0.3) is 0 Å². The highest BCUT2D eigenvalue weighted by atomic mass is 32.1. The summed E-state index contributed by atoms with van der Waals surface area (Å²) in [5.41, 5.74) is -0.230. The number of imide groups is 1. The van der Waals surface area contributed by atoms with Crippen molar-refractivity contribution in [2.24, 2.45) is 23.7 Å². The summed E-state index contributed by atoms with van der Waals surface area (Å²) in [6.07, 6.45) is 6.07. The first-order chi connectivity index (χ1) is 41.8. The van der Waals surface area contributed by atoms with Crippen molar-refractivity contribution in [1.82, 2.24) is 40.6 Å². The SMILES string of the molecule is CCC(C)[C@H](CC(=O)C(C)(C)N(C)CCCC(=O)C(C)NC(=O)C(CCCCNC(=O)CCOCCOC)CC(=O)CCCN1C(=O)C=CC1=O)C(=O)N(CC)[C@H](C[C@@H](OC(C)=O)c1nc(C(=O)N[C@@H](Cc2ccccn2)CC(C)OC=O)cs1)C(C)C. The summed E-state index contributed by atoms with van der Waals surface area (Å²) >= 11 is 1.15. The van der Waals surface area contributed by atoms with Crippen molar-refractivity contribution in [3.8, 4) is 0 Å². The molecule has 1 aliphatic rings. The molecule has 0 saturated carbocycles. The van der Waals surface area contributed by atoms with Crippen molar-refractivity contribution in [2.75, 3.05) is 60.2 Å². The first kappa shape index (κ1) is 75.6. The normalized spacial score (nSPS) is 15.2. The van der Waals surface area contributed by atoms with Crippen LogP contribution in [-0.2, 0) is 73.3 Å². The summed E-state index contributed by atoms with van der Waals surface area (Å²) in [6, 6.07) is 3.63. The van der Waals surface area contributed by atoms with Crippen LogP contribution in [0.5, 0.6) is 0 Å². The van der Waals surface area contributed by atoms with Crippen molar-refractivity contribution in [2.45, 2.75) is 195 Å². The zero-order valence-electron chi connectivity index (χ0n) is 53.9. The molecule has 8 atom stereocenters. The maximum absolute atomic E-state index is 15.0. The van der Waals surface area contributed by atoms with Crippen LogP contribution in [0.4, 0.5) is 0 Å². The van der Waals surface area contributed by atoms with Gasteiger partial charge in [-0.05, 0) is 97.9 Å². The standard InChI is InChI=1S/C64H98N8O15S/c1-13-43(5)51(63(83)71(14-2)53(42(3)4)39-55(87-46(8)74)62-69-52(40-88-62)61(82)68-49(35-44(6)86-41-73)37-48-22-16-18-28-65-48)38-56(77)64(9,10)70(11)30-20-24-54(76)45(7)67-60(81)47(21-15-17-29-66-57(78)27-32-85-34-33-84-12)36-50(75)23-19-31-72-58(79)25-26-59(72)80/h16,18,22,25-26,28,40-45,47,49,51,53,55H,13-15,17,19-21,23-24,27,29-39H2,1-12H3,(H,66,78)(H,67,81)(H,68,82)/t43?,44?,45?,47?,49-,51+,53-,55-/m1/s1. The van der Waals surface area contributed by atoms with Crippen molar-refractivity contribution in [3.05, 3.63) is 58.3 Å². The van der Waals surface area contributed by atoms with Gasteiger partial charge in [-0.1, -0.05) is 46.6 Å². The maximum Gasteiger partial charge on any atom is 0.303 e. The molecule has 3 N–H and O–H groups in total. The molecule has 4 unspecified atom stereocenters. The third kappa shape index (κ3) is 25.8. The molecule has 88 heavy (non-hydrogen) atoms. The molecule has 23 nitrogen and oxygen atoms in total. The number of carbonyl (C=O) groups is 11. The van der Waals surface area contributed by atoms with Crippen LogP contribution in [-0.4, -0.2) is 180 Å². The molecular formula is C64H98N8O15S. The largest absolute Gasteiger partial charge is 0.465 e. The number of unbranched alkanes of at least 4 members (excludes halogenated alkanes) is 1. The minimum atomic E-state index is -1.06. The lowest BCUT2D eigenvalue weighted by Gasteiger charge is -2.40. The predicted molar refractivity (Wildman–Crippen MR) is 331 cm³/mol. The van der Waals surface area contributed by atoms with E-state index in [9.17, 15) is 47.9 Å². The van der Waals surface area contributed by atoms with E-state index in [0.29, 0.717) is 89.3 Å². The lowest BCUT2D eigenvalue weighted by atomic mass is 9.81. The first-order valence-electron chi connectivity index (χ1n) is 31.0. The van der Waals surface area contributed by atoms with Crippen LogP contribution in [0.3, 0.4) is 0 Å². The van der Waals surface area contributed by atoms with Crippen molar-refractivity contribution >= 4 is 76.6 Å². The lowest BCUT2D eigenvalue weighted by Crippen LogP contribution is -2.52. The summed E-state index contributed by atoms with van der Waals surface area (Å²) in [7, 11) is 3.35. The zero-order valence-corrected chi connectivity index (χ0v) is 54.7. The fourth-order valence-electron chi connectivity index (χ4n) is 10.4. The summed E-state index contributed by atoms with van der Waals surface area (Å²) in [4.78, 5) is 158. The van der Waals surface area contributed by atoms with Crippen molar-refractivity contribution < 1.29 is 71.7 Å². The number of carbonyl (C=O) groups excluding carboxylic acids is 11. The van der Waals surface area contributed by atoms with E-state index in [1.165, 1.54) is 19.1 Å². The molecule has 2 aromatic rings. The number of pyridine rings is 1. The molecule has 0 radical (unpaired) electrons. The molecule has 3 rings (SSSR count). The molecular weight excluding hydrogens is 1150 g/mol. The first-order valence-corrected chi connectivity index (χ1v) is 31.8. The highest BCUT2D eigenvalue weighted by Gasteiger charge is 2.41. The molecule has 3 heterocycles. The Labute approximate surface area is 523 Å². The Bertz CT molecular complexity index is 2610.